The molecule has 6 nitrogen and oxygen atoms in total. The minimum absolute atomic E-state index is 0.00162. The fraction of sp³-hybridized carbons (Fsp3) is 0.469. The van der Waals surface area contributed by atoms with Gasteiger partial charge in [0.1, 0.15) is 11.9 Å². The third kappa shape index (κ3) is 9.05. The summed E-state index contributed by atoms with van der Waals surface area (Å²) in [5.41, 5.74) is 1.50. The van der Waals surface area contributed by atoms with Gasteiger partial charge in [-0.3, -0.25) is 14.4 Å². The Bertz CT molecular complexity index is 1130. The molecule has 0 aromatic heterocycles. The number of halogens is 1. The molecule has 1 aliphatic carbocycles. The van der Waals surface area contributed by atoms with Crippen molar-refractivity contribution in [1.82, 2.24) is 16.0 Å². The van der Waals surface area contributed by atoms with Crippen LogP contribution in [0.5, 0.6) is 0 Å². The molecule has 4 rings (SSSR count). The number of benzene rings is 2. The summed E-state index contributed by atoms with van der Waals surface area (Å²) in [5, 5.41) is 8.96. The maximum absolute atomic E-state index is 14.3. The van der Waals surface area contributed by atoms with E-state index in [1.165, 1.54) is 18.6 Å². The lowest BCUT2D eigenvalue weighted by Gasteiger charge is -2.28. The molecular weight excluding hydrogens is 493 g/mol. The van der Waals surface area contributed by atoms with Crippen molar-refractivity contribution in [2.75, 3.05) is 6.54 Å². The van der Waals surface area contributed by atoms with Crippen molar-refractivity contribution < 1.29 is 18.8 Å². The van der Waals surface area contributed by atoms with Gasteiger partial charge in [0.2, 0.25) is 17.7 Å². The van der Waals surface area contributed by atoms with E-state index in [0.717, 1.165) is 37.7 Å². The lowest BCUT2D eigenvalue weighted by molar-refractivity contribution is -0.128. The van der Waals surface area contributed by atoms with Crippen LogP contribution < -0.4 is 16.0 Å². The molecule has 3 amide bonds. The fourth-order valence-electron chi connectivity index (χ4n) is 5.74. The van der Waals surface area contributed by atoms with E-state index in [2.05, 4.69) is 16.0 Å². The van der Waals surface area contributed by atoms with Gasteiger partial charge in [-0.1, -0.05) is 80.6 Å². The van der Waals surface area contributed by atoms with E-state index in [4.69, 9.17) is 0 Å². The van der Waals surface area contributed by atoms with Crippen LogP contribution in [0.25, 0.3) is 6.08 Å². The van der Waals surface area contributed by atoms with Crippen LogP contribution in [0.2, 0.25) is 0 Å². The summed E-state index contributed by atoms with van der Waals surface area (Å²) >= 11 is 0. The van der Waals surface area contributed by atoms with Crippen LogP contribution in [-0.4, -0.2) is 36.3 Å². The highest BCUT2D eigenvalue weighted by Crippen LogP contribution is 2.28. The molecule has 0 spiro atoms. The number of carbonyl (C=O) groups is 3. The van der Waals surface area contributed by atoms with E-state index in [1.54, 1.807) is 24.3 Å². The summed E-state index contributed by atoms with van der Waals surface area (Å²) in [4.78, 5) is 38.8. The zero-order valence-electron chi connectivity index (χ0n) is 22.5. The molecule has 1 heterocycles. The van der Waals surface area contributed by atoms with E-state index in [1.807, 2.05) is 30.3 Å². The van der Waals surface area contributed by atoms with E-state index in [0.29, 0.717) is 43.7 Å². The highest BCUT2D eigenvalue weighted by Gasteiger charge is 2.31. The van der Waals surface area contributed by atoms with Crippen LogP contribution in [0.1, 0.15) is 68.9 Å². The molecule has 1 aliphatic heterocycles. The van der Waals surface area contributed by atoms with E-state index in [9.17, 15) is 18.8 Å². The smallest absolute Gasteiger partial charge is 0.244 e. The number of hydrogen-bond donors (Lipinski definition) is 3. The molecule has 2 aromatic carbocycles. The molecule has 3 atom stereocenters. The average molecular weight is 534 g/mol. The predicted molar refractivity (Wildman–Crippen MR) is 151 cm³/mol. The average Bonchev–Trinajstić information content (AvgIpc) is 3.36. The predicted octanol–water partition coefficient (Wildman–Crippen LogP) is 4.94. The first-order valence-corrected chi connectivity index (χ1v) is 14.3. The van der Waals surface area contributed by atoms with Gasteiger partial charge in [0.15, 0.2) is 0 Å². The standard InChI is InChI=1S/C32H40FN3O3/c33-28-14-8-7-13-25(28)16-17-27(22-26-19-20-34-31(26)38)35-32(39)29(21-24-11-5-2-6-12-24)36-30(37)18-15-23-9-3-1-4-10-23/h1,3-4,7-10,13-15,18,24,26-27,29H,2,5-6,11-12,16-17,19-22H2,(H,34,38)(H,35,39)(H,36,37)/t26-,27-,29-/m0/s1. The Kier molecular flexibility index (Phi) is 10.7. The van der Waals surface area contributed by atoms with Crippen molar-refractivity contribution in [2.45, 2.75) is 76.3 Å². The van der Waals surface area contributed by atoms with Crippen molar-refractivity contribution in [2.24, 2.45) is 11.8 Å². The molecule has 2 aliphatic rings. The minimum Gasteiger partial charge on any atom is -0.356 e. The summed E-state index contributed by atoms with van der Waals surface area (Å²) in [5.74, 6) is -0.625. The van der Waals surface area contributed by atoms with Gasteiger partial charge in [-0.05, 0) is 61.3 Å². The van der Waals surface area contributed by atoms with Gasteiger partial charge in [0, 0.05) is 24.6 Å². The molecule has 1 saturated carbocycles. The lowest BCUT2D eigenvalue weighted by atomic mass is 9.84. The second-order valence-electron chi connectivity index (χ2n) is 10.9. The zero-order chi connectivity index (χ0) is 27.5. The normalized spacial score (nSPS) is 19.4. The van der Waals surface area contributed by atoms with Crippen LogP contribution in [0, 0.1) is 17.7 Å². The summed E-state index contributed by atoms with van der Waals surface area (Å²) < 4.78 is 14.3. The van der Waals surface area contributed by atoms with Gasteiger partial charge in [0.25, 0.3) is 0 Å². The number of nitrogens with one attached hydrogen (secondary N) is 3. The highest BCUT2D eigenvalue weighted by molar-refractivity contribution is 5.95. The second kappa shape index (κ2) is 14.6. The largest absolute Gasteiger partial charge is 0.356 e. The number of hydrogen-bond acceptors (Lipinski definition) is 3. The van der Waals surface area contributed by atoms with Crippen molar-refractivity contribution in [3.8, 4) is 0 Å². The van der Waals surface area contributed by atoms with Crippen LogP contribution in [0.3, 0.4) is 0 Å². The first-order valence-electron chi connectivity index (χ1n) is 14.3. The Morgan fingerprint density at radius 3 is 2.41 bits per heavy atom. The Balaban J connectivity index is 1.45. The molecule has 0 unspecified atom stereocenters. The molecule has 0 bridgehead atoms. The van der Waals surface area contributed by atoms with Crippen molar-refractivity contribution >= 4 is 23.8 Å². The first kappa shape index (κ1) is 28.5. The van der Waals surface area contributed by atoms with Gasteiger partial charge < -0.3 is 16.0 Å². The molecule has 39 heavy (non-hydrogen) atoms. The van der Waals surface area contributed by atoms with Crippen LogP contribution in [-0.2, 0) is 20.8 Å². The molecule has 208 valence electrons. The maximum Gasteiger partial charge on any atom is 0.244 e. The second-order valence-corrected chi connectivity index (χ2v) is 10.9. The van der Waals surface area contributed by atoms with Gasteiger partial charge in [-0.15, -0.1) is 0 Å². The minimum atomic E-state index is -0.672. The molecule has 3 N–H and O–H groups in total. The van der Waals surface area contributed by atoms with Gasteiger partial charge in [-0.2, -0.15) is 0 Å². The number of carbonyl (C=O) groups excluding carboxylic acids is 3. The van der Waals surface area contributed by atoms with Crippen LogP contribution in [0.4, 0.5) is 4.39 Å². The maximum atomic E-state index is 14.3. The molecule has 1 saturated heterocycles. The van der Waals surface area contributed by atoms with Crippen molar-refractivity contribution in [3.63, 3.8) is 0 Å². The van der Waals surface area contributed by atoms with Crippen LogP contribution in [0.15, 0.2) is 60.7 Å². The monoisotopic (exact) mass is 533 g/mol. The fourth-order valence-corrected chi connectivity index (χ4v) is 5.74. The molecular formula is C32H40FN3O3. The first-order chi connectivity index (χ1) is 19.0. The van der Waals surface area contributed by atoms with Gasteiger partial charge >= 0.3 is 0 Å². The summed E-state index contributed by atoms with van der Waals surface area (Å²) in [6.07, 6.45) is 11.6. The summed E-state index contributed by atoms with van der Waals surface area (Å²) in [7, 11) is 0. The van der Waals surface area contributed by atoms with Crippen molar-refractivity contribution in [3.05, 3.63) is 77.6 Å². The topological polar surface area (TPSA) is 87.3 Å². The van der Waals surface area contributed by atoms with Crippen molar-refractivity contribution in [1.29, 1.82) is 0 Å². The Hall–Kier alpha value is -3.48. The number of rotatable bonds is 12. The molecule has 2 aromatic rings. The van der Waals surface area contributed by atoms with E-state index < -0.39 is 6.04 Å². The quantitative estimate of drug-likeness (QED) is 0.338. The third-order valence-corrected chi connectivity index (χ3v) is 7.95. The Morgan fingerprint density at radius 2 is 1.69 bits per heavy atom. The Morgan fingerprint density at radius 1 is 0.949 bits per heavy atom. The van der Waals surface area contributed by atoms with E-state index >= 15 is 0 Å². The van der Waals surface area contributed by atoms with Crippen LogP contribution >= 0.6 is 0 Å². The molecule has 2 fully saturated rings. The van der Waals surface area contributed by atoms with E-state index in [-0.39, 0.29) is 35.5 Å². The Labute approximate surface area is 230 Å². The highest BCUT2D eigenvalue weighted by atomic mass is 19.1. The molecule has 0 radical (unpaired) electrons. The third-order valence-electron chi connectivity index (χ3n) is 7.95. The van der Waals surface area contributed by atoms with Gasteiger partial charge in [-0.25, -0.2) is 4.39 Å². The van der Waals surface area contributed by atoms with Gasteiger partial charge in [0.05, 0.1) is 0 Å². The zero-order valence-corrected chi connectivity index (χ0v) is 22.5. The molecule has 7 heteroatoms. The number of amides is 3. The summed E-state index contributed by atoms with van der Waals surface area (Å²) in [6.45, 7) is 0.631. The summed E-state index contributed by atoms with van der Waals surface area (Å²) in [6, 6.07) is 15.2. The number of aryl methyl sites for hydroxylation is 1. The lowest BCUT2D eigenvalue weighted by Crippen LogP contribution is -2.50. The SMILES string of the molecule is O=C(C=Cc1ccccc1)N[C@@H](CC1CCCCC1)C(=O)N[C@@H](CCc1ccccc1F)C[C@@H]1CCNC1=O.